The maximum atomic E-state index is 12.1. The fraction of sp³-hybridized carbons (Fsp3) is 0.600. The van der Waals surface area contributed by atoms with Gasteiger partial charge in [0.15, 0.2) is 5.78 Å². The number of likely N-dealkylation sites (tertiary alicyclic amines) is 1. The number of carbonyl (C=O) groups is 2. The summed E-state index contributed by atoms with van der Waals surface area (Å²) in [5.74, 6) is 0.275. The fourth-order valence-electron chi connectivity index (χ4n) is 2.42. The van der Waals surface area contributed by atoms with Gasteiger partial charge in [-0.15, -0.1) is 0 Å². The first-order valence-electron chi connectivity index (χ1n) is 7.05. The Kier molecular flexibility index (Phi) is 4.40. The Hall–Kier alpha value is -1.58. The number of hydrogen-bond donors (Lipinski definition) is 0. The molecule has 4 heteroatoms. The third kappa shape index (κ3) is 3.46. The Morgan fingerprint density at radius 2 is 1.89 bits per heavy atom. The summed E-state index contributed by atoms with van der Waals surface area (Å²) in [5.41, 5.74) is 0.696. The van der Waals surface area contributed by atoms with E-state index in [0.29, 0.717) is 12.1 Å². The molecule has 0 saturated carbocycles. The van der Waals surface area contributed by atoms with Crippen LogP contribution in [-0.2, 0) is 11.3 Å². The molecule has 0 N–H and O–H groups in total. The largest absolute Gasteiger partial charge is 0.344 e. The Morgan fingerprint density at radius 1 is 1.21 bits per heavy atom. The predicted octanol–water partition coefficient (Wildman–Crippen LogP) is 2.34. The molecule has 1 saturated heterocycles. The number of carbonyl (C=O) groups excluding carboxylic acids is 2. The van der Waals surface area contributed by atoms with Gasteiger partial charge in [0.25, 0.3) is 0 Å². The number of nitrogens with zero attached hydrogens (tertiary/aromatic N) is 2. The van der Waals surface area contributed by atoms with Crippen LogP contribution in [0, 0.1) is 5.92 Å². The van der Waals surface area contributed by atoms with Crippen LogP contribution in [0.4, 0.5) is 0 Å². The molecule has 0 radical (unpaired) electrons. The lowest BCUT2D eigenvalue weighted by Gasteiger charge is -2.26. The number of ketones is 1. The SMILES string of the molecule is CC(C)C(=O)c1ccn(CC(=O)N2CCCCC2)c1. The predicted molar refractivity (Wildman–Crippen MR) is 74.0 cm³/mol. The van der Waals surface area contributed by atoms with Crippen molar-refractivity contribution in [1.82, 2.24) is 9.47 Å². The molecule has 0 unspecified atom stereocenters. The molecule has 0 spiro atoms. The van der Waals surface area contributed by atoms with Crippen molar-refractivity contribution < 1.29 is 9.59 Å². The maximum absolute atomic E-state index is 12.1. The summed E-state index contributed by atoms with van der Waals surface area (Å²) < 4.78 is 1.81. The Morgan fingerprint density at radius 3 is 2.53 bits per heavy atom. The summed E-state index contributed by atoms with van der Waals surface area (Å²) in [4.78, 5) is 25.9. The molecule has 1 fully saturated rings. The molecule has 4 nitrogen and oxygen atoms in total. The third-order valence-corrected chi connectivity index (χ3v) is 3.59. The highest BCUT2D eigenvalue weighted by molar-refractivity contribution is 5.97. The molecule has 1 aromatic heterocycles. The van der Waals surface area contributed by atoms with Crippen LogP contribution >= 0.6 is 0 Å². The van der Waals surface area contributed by atoms with Crippen molar-refractivity contribution in [3.05, 3.63) is 24.0 Å². The highest BCUT2D eigenvalue weighted by Gasteiger charge is 2.17. The van der Waals surface area contributed by atoms with Crippen LogP contribution in [0.3, 0.4) is 0 Å². The second kappa shape index (κ2) is 6.04. The summed E-state index contributed by atoms with van der Waals surface area (Å²) in [7, 11) is 0. The normalized spacial score (nSPS) is 15.8. The van der Waals surface area contributed by atoms with Crippen LogP contribution < -0.4 is 0 Å². The minimum Gasteiger partial charge on any atom is -0.344 e. The average molecular weight is 262 g/mol. The van der Waals surface area contributed by atoms with E-state index in [1.807, 2.05) is 29.5 Å². The van der Waals surface area contributed by atoms with E-state index in [4.69, 9.17) is 0 Å². The van der Waals surface area contributed by atoms with Gasteiger partial charge in [-0.1, -0.05) is 13.8 Å². The highest BCUT2D eigenvalue weighted by atomic mass is 16.2. The average Bonchev–Trinajstić information content (AvgIpc) is 2.87. The molecular formula is C15H22N2O2. The second-order valence-electron chi connectivity index (χ2n) is 5.53. The van der Waals surface area contributed by atoms with Gasteiger partial charge in [-0.2, -0.15) is 0 Å². The van der Waals surface area contributed by atoms with E-state index < -0.39 is 0 Å². The monoisotopic (exact) mass is 262 g/mol. The molecule has 0 aromatic carbocycles. The number of rotatable bonds is 4. The van der Waals surface area contributed by atoms with E-state index in [1.165, 1.54) is 6.42 Å². The van der Waals surface area contributed by atoms with E-state index in [2.05, 4.69) is 0 Å². The minimum atomic E-state index is -0.00588. The Balaban J connectivity index is 1.95. The molecule has 104 valence electrons. The van der Waals surface area contributed by atoms with E-state index >= 15 is 0 Å². The van der Waals surface area contributed by atoms with Gasteiger partial charge < -0.3 is 9.47 Å². The maximum Gasteiger partial charge on any atom is 0.242 e. The quantitative estimate of drug-likeness (QED) is 0.782. The molecular weight excluding hydrogens is 240 g/mol. The van der Waals surface area contributed by atoms with E-state index in [1.54, 1.807) is 12.3 Å². The molecule has 2 rings (SSSR count). The lowest BCUT2D eigenvalue weighted by molar-refractivity contribution is -0.132. The number of Topliss-reactive ketones (excluding diaryl/α,β-unsaturated/α-hetero) is 1. The number of piperidine rings is 1. The first-order valence-corrected chi connectivity index (χ1v) is 7.05. The van der Waals surface area contributed by atoms with Gasteiger partial charge in [0.1, 0.15) is 6.54 Å². The van der Waals surface area contributed by atoms with Crippen LogP contribution in [-0.4, -0.2) is 34.2 Å². The van der Waals surface area contributed by atoms with Crippen molar-refractivity contribution in [2.24, 2.45) is 5.92 Å². The molecule has 19 heavy (non-hydrogen) atoms. The lowest BCUT2D eigenvalue weighted by atomic mass is 10.0. The first-order chi connectivity index (χ1) is 9.08. The number of amides is 1. The molecule has 1 amide bonds. The van der Waals surface area contributed by atoms with Crippen molar-refractivity contribution in [1.29, 1.82) is 0 Å². The zero-order valence-corrected chi connectivity index (χ0v) is 11.8. The van der Waals surface area contributed by atoms with Crippen molar-refractivity contribution in [3.63, 3.8) is 0 Å². The lowest BCUT2D eigenvalue weighted by Crippen LogP contribution is -2.37. The van der Waals surface area contributed by atoms with Gasteiger partial charge in [0, 0.05) is 37.0 Å². The molecule has 1 aliphatic rings. The molecule has 1 aromatic rings. The highest BCUT2D eigenvalue weighted by Crippen LogP contribution is 2.12. The zero-order chi connectivity index (χ0) is 13.8. The third-order valence-electron chi connectivity index (χ3n) is 3.59. The van der Waals surface area contributed by atoms with Gasteiger partial charge in [-0.25, -0.2) is 0 Å². The van der Waals surface area contributed by atoms with Gasteiger partial charge in [0.05, 0.1) is 0 Å². The zero-order valence-electron chi connectivity index (χ0n) is 11.8. The van der Waals surface area contributed by atoms with Crippen LogP contribution in [0.15, 0.2) is 18.5 Å². The van der Waals surface area contributed by atoms with Crippen molar-refractivity contribution in [2.45, 2.75) is 39.7 Å². The van der Waals surface area contributed by atoms with Gasteiger partial charge in [-0.3, -0.25) is 9.59 Å². The second-order valence-corrected chi connectivity index (χ2v) is 5.53. The van der Waals surface area contributed by atoms with Crippen LogP contribution in [0.5, 0.6) is 0 Å². The summed E-state index contributed by atoms with van der Waals surface area (Å²) >= 11 is 0. The van der Waals surface area contributed by atoms with Crippen LogP contribution in [0.2, 0.25) is 0 Å². The van der Waals surface area contributed by atoms with Crippen molar-refractivity contribution >= 4 is 11.7 Å². The molecule has 1 aliphatic heterocycles. The summed E-state index contributed by atoms with van der Waals surface area (Å²) in [6.45, 7) is 5.86. The minimum absolute atomic E-state index is 0.00588. The Labute approximate surface area is 114 Å². The standard InChI is InChI=1S/C15H22N2O2/c1-12(2)15(19)13-6-9-16(10-13)11-14(18)17-7-4-3-5-8-17/h6,9-10,12H,3-5,7-8,11H2,1-2H3. The van der Waals surface area contributed by atoms with Crippen LogP contribution in [0.1, 0.15) is 43.5 Å². The van der Waals surface area contributed by atoms with Crippen LogP contribution in [0.25, 0.3) is 0 Å². The molecule has 0 aliphatic carbocycles. The van der Waals surface area contributed by atoms with Gasteiger partial charge in [0.2, 0.25) is 5.91 Å². The first kappa shape index (κ1) is 13.8. The van der Waals surface area contributed by atoms with Gasteiger partial charge in [-0.05, 0) is 25.3 Å². The molecule has 0 atom stereocenters. The topological polar surface area (TPSA) is 42.3 Å². The molecule has 2 heterocycles. The summed E-state index contributed by atoms with van der Waals surface area (Å²) in [5, 5.41) is 0. The van der Waals surface area contributed by atoms with Crippen molar-refractivity contribution in [3.8, 4) is 0 Å². The van der Waals surface area contributed by atoms with E-state index in [9.17, 15) is 9.59 Å². The van der Waals surface area contributed by atoms with E-state index in [0.717, 1.165) is 25.9 Å². The molecule has 0 bridgehead atoms. The van der Waals surface area contributed by atoms with Gasteiger partial charge >= 0.3 is 0 Å². The van der Waals surface area contributed by atoms with Crippen molar-refractivity contribution in [2.75, 3.05) is 13.1 Å². The summed E-state index contributed by atoms with van der Waals surface area (Å²) in [6, 6.07) is 1.80. The van der Waals surface area contributed by atoms with E-state index in [-0.39, 0.29) is 17.6 Å². The number of hydrogen-bond acceptors (Lipinski definition) is 2. The fourth-order valence-corrected chi connectivity index (χ4v) is 2.42. The number of aromatic nitrogens is 1. The smallest absolute Gasteiger partial charge is 0.242 e. The Bertz CT molecular complexity index is 456. The summed E-state index contributed by atoms with van der Waals surface area (Å²) in [6.07, 6.45) is 7.03.